The molecule has 2 aliphatic carbocycles. The summed E-state index contributed by atoms with van der Waals surface area (Å²) in [5.41, 5.74) is -0.405. The van der Waals surface area contributed by atoms with Crippen LogP contribution in [0.5, 0.6) is 5.75 Å². The number of benzene rings is 1. The summed E-state index contributed by atoms with van der Waals surface area (Å²) < 4.78 is 10.8. The van der Waals surface area contributed by atoms with Crippen molar-refractivity contribution >= 4 is 12.1 Å². The van der Waals surface area contributed by atoms with Crippen molar-refractivity contribution in [3.63, 3.8) is 0 Å². The highest BCUT2D eigenvalue weighted by atomic mass is 16.5. The molecule has 7 nitrogen and oxygen atoms in total. The van der Waals surface area contributed by atoms with Crippen molar-refractivity contribution in [1.29, 1.82) is 0 Å². The number of carbonyl (C=O) groups is 2. The Balaban J connectivity index is 1.69. The Morgan fingerprint density at radius 1 is 1.12 bits per heavy atom. The molecule has 0 saturated heterocycles. The molecule has 0 radical (unpaired) electrons. The number of amides is 1. The van der Waals surface area contributed by atoms with Crippen LogP contribution in [0.3, 0.4) is 0 Å². The van der Waals surface area contributed by atoms with E-state index in [1.807, 2.05) is 32.3 Å². The van der Waals surface area contributed by atoms with Crippen LogP contribution in [0.4, 0.5) is 4.79 Å². The van der Waals surface area contributed by atoms with Crippen LogP contribution in [0.15, 0.2) is 24.3 Å². The van der Waals surface area contributed by atoms with E-state index in [0.29, 0.717) is 25.3 Å². The van der Waals surface area contributed by atoms with Crippen LogP contribution < -0.4 is 10.1 Å². The van der Waals surface area contributed by atoms with E-state index in [1.54, 1.807) is 13.0 Å². The second-order valence-electron chi connectivity index (χ2n) is 10.4. The number of ether oxygens (including phenoxy) is 2. The van der Waals surface area contributed by atoms with Crippen molar-refractivity contribution in [2.45, 2.75) is 76.7 Å². The normalized spacial score (nSPS) is 24.4. The Bertz CT molecular complexity index is 821. The number of esters is 1. The largest absolute Gasteiger partial charge is 0.450 e. The van der Waals surface area contributed by atoms with Gasteiger partial charge in [-0.1, -0.05) is 44.2 Å². The predicted molar refractivity (Wildman–Crippen MR) is 132 cm³/mol. The number of aliphatic hydroxyl groups is 1. The third kappa shape index (κ3) is 6.95. The average molecular weight is 475 g/mol. The van der Waals surface area contributed by atoms with Gasteiger partial charge in [0, 0.05) is 19.0 Å². The van der Waals surface area contributed by atoms with Crippen molar-refractivity contribution in [2.75, 3.05) is 33.8 Å². The fourth-order valence-corrected chi connectivity index (χ4v) is 5.75. The number of rotatable bonds is 9. The molecular formula is C27H42N2O5. The molecule has 0 heterocycles. The van der Waals surface area contributed by atoms with E-state index in [0.717, 1.165) is 63.5 Å². The van der Waals surface area contributed by atoms with Gasteiger partial charge >= 0.3 is 12.1 Å². The van der Waals surface area contributed by atoms with E-state index in [4.69, 9.17) is 9.47 Å². The van der Waals surface area contributed by atoms with E-state index < -0.39 is 11.7 Å². The van der Waals surface area contributed by atoms with Crippen molar-refractivity contribution in [3.05, 3.63) is 29.8 Å². The van der Waals surface area contributed by atoms with Crippen LogP contribution in [0.25, 0.3) is 0 Å². The molecule has 2 fully saturated rings. The molecule has 2 atom stereocenters. The summed E-state index contributed by atoms with van der Waals surface area (Å²) in [5.74, 6) is 0.307. The van der Waals surface area contributed by atoms with E-state index in [9.17, 15) is 14.7 Å². The molecule has 1 aromatic rings. The Labute approximate surface area is 204 Å². The first-order valence-electron chi connectivity index (χ1n) is 12.9. The molecule has 0 unspecified atom stereocenters. The summed E-state index contributed by atoms with van der Waals surface area (Å²) in [5, 5.41) is 14.5. The lowest BCUT2D eigenvalue weighted by atomic mass is 9.71. The van der Waals surface area contributed by atoms with Crippen LogP contribution in [0, 0.1) is 11.3 Å². The summed E-state index contributed by atoms with van der Waals surface area (Å²) in [6.07, 6.45) is 8.57. The quantitative estimate of drug-likeness (QED) is 0.401. The molecule has 190 valence electrons. The van der Waals surface area contributed by atoms with Crippen molar-refractivity contribution in [1.82, 2.24) is 10.2 Å². The number of nitrogens with one attached hydrogen (secondary N) is 1. The summed E-state index contributed by atoms with van der Waals surface area (Å²) in [6, 6.07) is 7.41. The van der Waals surface area contributed by atoms with Crippen LogP contribution in [-0.4, -0.2) is 55.9 Å². The van der Waals surface area contributed by atoms with E-state index in [-0.39, 0.29) is 23.7 Å². The molecule has 0 bridgehead atoms. The van der Waals surface area contributed by atoms with Gasteiger partial charge in [0.2, 0.25) is 0 Å². The van der Waals surface area contributed by atoms with Gasteiger partial charge in [-0.2, -0.15) is 0 Å². The Morgan fingerprint density at radius 3 is 2.56 bits per heavy atom. The number of hydrogen-bond donors (Lipinski definition) is 2. The van der Waals surface area contributed by atoms with Gasteiger partial charge in [-0.05, 0) is 69.8 Å². The molecule has 1 aromatic carbocycles. The fourth-order valence-electron chi connectivity index (χ4n) is 5.75. The second kappa shape index (κ2) is 12.0. The summed E-state index contributed by atoms with van der Waals surface area (Å²) in [7, 11) is 4.07. The molecule has 2 N–H and O–H groups in total. The zero-order chi connectivity index (χ0) is 24.6. The Kier molecular flexibility index (Phi) is 9.37. The van der Waals surface area contributed by atoms with Gasteiger partial charge in [0.15, 0.2) is 0 Å². The van der Waals surface area contributed by atoms with Gasteiger partial charge < -0.3 is 24.8 Å². The fraction of sp³-hybridized carbons (Fsp3) is 0.704. The third-order valence-electron chi connectivity index (χ3n) is 7.50. The molecule has 7 heteroatoms. The highest BCUT2D eigenvalue weighted by molar-refractivity contribution is 5.73. The lowest BCUT2D eigenvalue weighted by Gasteiger charge is -2.41. The number of nitrogens with zero attached hydrogens (tertiary/aromatic N) is 1. The maximum atomic E-state index is 13.0. The van der Waals surface area contributed by atoms with Crippen LogP contribution in [0.2, 0.25) is 0 Å². The summed E-state index contributed by atoms with van der Waals surface area (Å²) in [4.78, 5) is 27.0. The number of alkyl carbamates (subject to hydrolysis) is 1. The third-order valence-corrected chi connectivity index (χ3v) is 7.50. The molecule has 2 saturated carbocycles. The first kappa shape index (κ1) is 26.5. The zero-order valence-electron chi connectivity index (χ0n) is 21.1. The van der Waals surface area contributed by atoms with Crippen LogP contribution in [-0.2, 0) is 15.1 Å². The minimum atomic E-state index is -0.918. The average Bonchev–Trinajstić information content (AvgIpc) is 2.80. The van der Waals surface area contributed by atoms with Crippen LogP contribution in [0.1, 0.15) is 76.7 Å². The predicted octanol–water partition coefficient (Wildman–Crippen LogP) is 4.62. The maximum Gasteiger partial charge on any atom is 0.407 e. The second-order valence-corrected chi connectivity index (χ2v) is 10.4. The first-order chi connectivity index (χ1) is 16.3. The molecule has 0 aliphatic heterocycles. The van der Waals surface area contributed by atoms with Crippen LogP contribution >= 0.6 is 0 Å². The SMILES string of the molecule is CCOC(=O)NCC1(CC(=O)Oc2cccc([C@@]3(O)CCCC[C@H]3CN(C)C)c2)CCCCC1. The molecule has 0 spiro atoms. The van der Waals surface area contributed by atoms with Crippen molar-refractivity contribution in [3.8, 4) is 5.75 Å². The minimum absolute atomic E-state index is 0.140. The van der Waals surface area contributed by atoms with Gasteiger partial charge in [0.05, 0.1) is 18.6 Å². The lowest BCUT2D eigenvalue weighted by Crippen LogP contribution is -2.43. The molecule has 1 amide bonds. The topological polar surface area (TPSA) is 88.1 Å². The molecule has 34 heavy (non-hydrogen) atoms. The smallest absolute Gasteiger partial charge is 0.407 e. The van der Waals surface area contributed by atoms with Crippen molar-refractivity contribution < 1.29 is 24.2 Å². The molecule has 0 aromatic heterocycles. The lowest BCUT2D eigenvalue weighted by molar-refractivity contribution is -0.137. The monoisotopic (exact) mass is 474 g/mol. The van der Waals surface area contributed by atoms with Gasteiger partial charge in [-0.3, -0.25) is 4.79 Å². The minimum Gasteiger partial charge on any atom is -0.450 e. The summed E-state index contributed by atoms with van der Waals surface area (Å²) in [6.45, 7) is 3.32. The number of hydrogen-bond acceptors (Lipinski definition) is 6. The van der Waals surface area contributed by atoms with Gasteiger partial charge in [-0.15, -0.1) is 0 Å². The van der Waals surface area contributed by atoms with E-state index >= 15 is 0 Å². The first-order valence-corrected chi connectivity index (χ1v) is 12.9. The maximum absolute atomic E-state index is 13.0. The van der Waals surface area contributed by atoms with Gasteiger partial charge in [-0.25, -0.2) is 4.79 Å². The number of carbonyl (C=O) groups excluding carboxylic acids is 2. The van der Waals surface area contributed by atoms with Gasteiger partial charge in [0.1, 0.15) is 5.75 Å². The Hall–Kier alpha value is -2.12. The molecule has 2 aliphatic rings. The highest BCUT2D eigenvalue weighted by Gasteiger charge is 2.41. The zero-order valence-corrected chi connectivity index (χ0v) is 21.1. The highest BCUT2D eigenvalue weighted by Crippen LogP contribution is 2.43. The van der Waals surface area contributed by atoms with E-state index in [1.165, 1.54) is 0 Å². The van der Waals surface area contributed by atoms with Gasteiger partial charge in [0.25, 0.3) is 0 Å². The van der Waals surface area contributed by atoms with E-state index in [2.05, 4.69) is 10.2 Å². The van der Waals surface area contributed by atoms with Crippen molar-refractivity contribution in [2.24, 2.45) is 11.3 Å². The Morgan fingerprint density at radius 2 is 1.85 bits per heavy atom. The molecule has 3 rings (SSSR count). The standard InChI is InChI=1S/C27H42N2O5/c1-4-33-25(31)28-20-26(14-7-5-8-15-26)18-24(30)34-23-13-10-12-21(17-23)27(32)16-9-6-11-22(27)19-29(2)3/h10,12-13,17,22,32H,4-9,11,14-16,18-20H2,1-3H3,(H,28,31)/t22-,27-/m0/s1. The molecular weight excluding hydrogens is 432 g/mol. The summed E-state index contributed by atoms with van der Waals surface area (Å²) >= 11 is 0.